The van der Waals surface area contributed by atoms with E-state index in [0.29, 0.717) is 23.7 Å². The number of benzene rings is 2. The highest BCUT2D eigenvalue weighted by molar-refractivity contribution is 5.39. The van der Waals surface area contributed by atoms with E-state index in [-0.39, 0.29) is 0 Å². The molecule has 1 fully saturated rings. The lowest BCUT2D eigenvalue weighted by Gasteiger charge is -2.50. The first-order chi connectivity index (χ1) is 10.7. The van der Waals surface area contributed by atoms with Gasteiger partial charge in [0.05, 0.1) is 14.2 Å². The Morgan fingerprint density at radius 3 is 1.18 bits per heavy atom. The van der Waals surface area contributed by atoms with Crippen molar-refractivity contribution in [2.24, 2.45) is 11.8 Å². The molecule has 0 N–H and O–H groups in total. The largest absolute Gasteiger partial charge is 0.497 e. The molecule has 3 rings (SSSR count). The molecule has 2 heteroatoms. The first-order valence-corrected chi connectivity index (χ1v) is 7.93. The van der Waals surface area contributed by atoms with Gasteiger partial charge in [0.25, 0.3) is 0 Å². The molecular formula is C20H24O2. The lowest BCUT2D eigenvalue weighted by Crippen LogP contribution is -2.39. The van der Waals surface area contributed by atoms with Crippen LogP contribution >= 0.6 is 0 Å². The van der Waals surface area contributed by atoms with Gasteiger partial charge in [0.15, 0.2) is 0 Å². The monoisotopic (exact) mass is 296 g/mol. The van der Waals surface area contributed by atoms with E-state index >= 15 is 0 Å². The highest BCUT2D eigenvalue weighted by atomic mass is 16.5. The first kappa shape index (κ1) is 15.0. The minimum atomic E-state index is 0.578. The summed E-state index contributed by atoms with van der Waals surface area (Å²) in [6.45, 7) is 4.72. The van der Waals surface area contributed by atoms with Crippen LogP contribution in [0.15, 0.2) is 48.5 Å². The van der Waals surface area contributed by atoms with Crippen LogP contribution in [0.3, 0.4) is 0 Å². The molecule has 22 heavy (non-hydrogen) atoms. The lowest BCUT2D eigenvalue weighted by molar-refractivity contribution is 0.122. The Morgan fingerprint density at radius 2 is 0.909 bits per heavy atom. The number of rotatable bonds is 4. The standard InChI is InChI=1S/C20H24O2/c1-13-14(2)20(16-7-11-18(22-4)12-8-16)19(13)15-5-9-17(21-3)10-6-15/h5-14,19-20H,1-4H3. The number of hydrogen-bond donors (Lipinski definition) is 0. The smallest absolute Gasteiger partial charge is 0.118 e. The van der Waals surface area contributed by atoms with Crippen LogP contribution in [-0.2, 0) is 0 Å². The summed E-state index contributed by atoms with van der Waals surface area (Å²) in [5.41, 5.74) is 2.82. The van der Waals surface area contributed by atoms with Gasteiger partial charge in [-0.15, -0.1) is 0 Å². The fourth-order valence-electron chi connectivity index (χ4n) is 3.84. The molecule has 2 aromatic rings. The number of ether oxygens (including phenoxy) is 2. The van der Waals surface area contributed by atoms with Gasteiger partial charge in [0.2, 0.25) is 0 Å². The third-order valence-electron chi connectivity index (χ3n) is 5.35. The van der Waals surface area contributed by atoms with Crippen molar-refractivity contribution in [1.82, 2.24) is 0 Å². The van der Waals surface area contributed by atoms with Crippen LogP contribution in [-0.4, -0.2) is 14.2 Å². The molecule has 0 aromatic heterocycles. The predicted molar refractivity (Wildman–Crippen MR) is 89.8 cm³/mol. The van der Waals surface area contributed by atoms with Gasteiger partial charge in [0.1, 0.15) is 11.5 Å². The maximum atomic E-state index is 5.27. The third kappa shape index (κ3) is 2.47. The highest BCUT2D eigenvalue weighted by Gasteiger charge is 2.46. The Hall–Kier alpha value is -1.96. The van der Waals surface area contributed by atoms with E-state index in [4.69, 9.17) is 9.47 Å². The molecule has 0 bridgehead atoms. The molecule has 2 nitrogen and oxygen atoms in total. The average molecular weight is 296 g/mol. The second-order valence-corrected chi connectivity index (χ2v) is 6.32. The summed E-state index contributed by atoms with van der Waals surface area (Å²) in [7, 11) is 3.42. The normalized spacial score (nSPS) is 27.1. The number of hydrogen-bond acceptors (Lipinski definition) is 2. The van der Waals surface area contributed by atoms with Gasteiger partial charge in [-0.05, 0) is 59.1 Å². The second kappa shape index (κ2) is 6.04. The molecule has 4 unspecified atom stereocenters. The predicted octanol–water partition coefficient (Wildman–Crippen LogP) is 4.86. The Kier molecular flexibility index (Phi) is 4.10. The molecule has 4 atom stereocenters. The highest BCUT2D eigenvalue weighted by Crippen LogP contribution is 2.57. The summed E-state index contributed by atoms with van der Waals surface area (Å²) < 4.78 is 10.5. The second-order valence-electron chi connectivity index (χ2n) is 6.32. The molecule has 1 aliphatic carbocycles. The fourth-order valence-corrected chi connectivity index (χ4v) is 3.84. The minimum Gasteiger partial charge on any atom is -0.497 e. The minimum absolute atomic E-state index is 0.578. The molecule has 116 valence electrons. The Balaban J connectivity index is 1.88. The molecule has 0 radical (unpaired) electrons. The van der Waals surface area contributed by atoms with Gasteiger partial charge in [-0.1, -0.05) is 38.1 Å². The van der Waals surface area contributed by atoms with Crippen LogP contribution in [0.25, 0.3) is 0 Å². The molecule has 1 saturated carbocycles. The summed E-state index contributed by atoms with van der Waals surface area (Å²) >= 11 is 0. The van der Waals surface area contributed by atoms with Crippen LogP contribution in [0.4, 0.5) is 0 Å². The SMILES string of the molecule is COc1ccc(C2C(C)C(C)C2c2ccc(OC)cc2)cc1. The Morgan fingerprint density at radius 1 is 0.591 bits per heavy atom. The molecule has 0 amide bonds. The van der Waals surface area contributed by atoms with E-state index in [2.05, 4.69) is 62.4 Å². The zero-order valence-electron chi connectivity index (χ0n) is 13.7. The Labute approximate surface area is 133 Å². The van der Waals surface area contributed by atoms with E-state index < -0.39 is 0 Å². The molecular weight excluding hydrogens is 272 g/mol. The van der Waals surface area contributed by atoms with E-state index in [1.54, 1.807) is 14.2 Å². The van der Waals surface area contributed by atoms with E-state index in [1.807, 2.05) is 0 Å². The van der Waals surface area contributed by atoms with Crippen molar-refractivity contribution >= 4 is 0 Å². The maximum Gasteiger partial charge on any atom is 0.118 e. The number of methoxy groups -OCH3 is 2. The van der Waals surface area contributed by atoms with E-state index in [1.165, 1.54) is 11.1 Å². The van der Waals surface area contributed by atoms with Crippen LogP contribution in [0.2, 0.25) is 0 Å². The Bertz CT molecular complexity index is 558. The van der Waals surface area contributed by atoms with E-state index in [0.717, 1.165) is 11.5 Å². The van der Waals surface area contributed by atoms with Crippen LogP contribution in [0.5, 0.6) is 11.5 Å². The van der Waals surface area contributed by atoms with Gasteiger partial charge < -0.3 is 9.47 Å². The topological polar surface area (TPSA) is 18.5 Å². The maximum absolute atomic E-state index is 5.27. The fraction of sp³-hybridized carbons (Fsp3) is 0.400. The summed E-state index contributed by atoms with van der Waals surface area (Å²) in [4.78, 5) is 0. The molecule has 0 heterocycles. The van der Waals surface area contributed by atoms with Crippen molar-refractivity contribution in [2.45, 2.75) is 25.7 Å². The average Bonchev–Trinajstić information content (AvgIpc) is 2.59. The molecule has 0 spiro atoms. The molecule has 0 saturated heterocycles. The van der Waals surface area contributed by atoms with Gasteiger partial charge in [0, 0.05) is 0 Å². The van der Waals surface area contributed by atoms with Gasteiger partial charge >= 0.3 is 0 Å². The lowest BCUT2D eigenvalue weighted by atomic mass is 9.54. The molecule has 2 aromatic carbocycles. The van der Waals surface area contributed by atoms with Crippen molar-refractivity contribution < 1.29 is 9.47 Å². The van der Waals surface area contributed by atoms with Crippen LogP contribution in [0.1, 0.15) is 36.8 Å². The first-order valence-electron chi connectivity index (χ1n) is 7.93. The molecule has 1 aliphatic rings. The summed E-state index contributed by atoms with van der Waals surface area (Å²) in [6, 6.07) is 17.1. The zero-order chi connectivity index (χ0) is 15.7. The van der Waals surface area contributed by atoms with Crippen LogP contribution in [0, 0.1) is 11.8 Å². The molecule has 0 aliphatic heterocycles. The summed E-state index contributed by atoms with van der Waals surface area (Å²) in [6.07, 6.45) is 0. The van der Waals surface area contributed by atoms with Crippen molar-refractivity contribution in [2.75, 3.05) is 14.2 Å². The van der Waals surface area contributed by atoms with Crippen LogP contribution < -0.4 is 9.47 Å². The van der Waals surface area contributed by atoms with Crippen molar-refractivity contribution in [1.29, 1.82) is 0 Å². The van der Waals surface area contributed by atoms with E-state index in [9.17, 15) is 0 Å². The summed E-state index contributed by atoms with van der Waals surface area (Å²) in [5.74, 6) is 4.39. The van der Waals surface area contributed by atoms with Gasteiger partial charge in [-0.3, -0.25) is 0 Å². The third-order valence-corrected chi connectivity index (χ3v) is 5.35. The summed E-state index contributed by atoms with van der Waals surface area (Å²) in [5, 5.41) is 0. The quantitative estimate of drug-likeness (QED) is 0.802. The zero-order valence-corrected chi connectivity index (χ0v) is 13.7. The van der Waals surface area contributed by atoms with Crippen molar-refractivity contribution in [3.05, 3.63) is 59.7 Å². The van der Waals surface area contributed by atoms with Crippen molar-refractivity contribution in [3.8, 4) is 11.5 Å². The van der Waals surface area contributed by atoms with Gasteiger partial charge in [-0.25, -0.2) is 0 Å². The van der Waals surface area contributed by atoms with Gasteiger partial charge in [-0.2, -0.15) is 0 Å². The van der Waals surface area contributed by atoms with Crippen molar-refractivity contribution in [3.63, 3.8) is 0 Å².